The molecule has 1 aromatic heterocycles. The Labute approximate surface area is 115 Å². The predicted octanol–water partition coefficient (Wildman–Crippen LogP) is 1.92. The van der Waals surface area contributed by atoms with Crippen LogP contribution in [-0.2, 0) is 6.54 Å². The van der Waals surface area contributed by atoms with Crippen molar-refractivity contribution in [1.82, 2.24) is 15.2 Å². The molecule has 0 amide bonds. The van der Waals surface area contributed by atoms with Crippen LogP contribution in [0.4, 0.5) is 0 Å². The summed E-state index contributed by atoms with van der Waals surface area (Å²) in [6.45, 7) is 7.54. The second kappa shape index (κ2) is 6.65. The van der Waals surface area contributed by atoms with Gasteiger partial charge in [-0.15, -0.1) is 0 Å². The summed E-state index contributed by atoms with van der Waals surface area (Å²) in [5, 5.41) is 12.4. The highest BCUT2D eigenvalue weighted by Crippen LogP contribution is 2.13. The summed E-state index contributed by atoms with van der Waals surface area (Å²) in [4.78, 5) is 6.48. The highest BCUT2D eigenvalue weighted by molar-refractivity contribution is 5.25. The van der Waals surface area contributed by atoms with Crippen LogP contribution in [0.2, 0.25) is 0 Å². The fraction of sp³-hybridized carbons (Fsp3) is 0.600. The smallest absolute Gasteiger partial charge is 0.140 e. The van der Waals surface area contributed by atoms with E-state index in [9.17, 15) is 0 Å². The van der Waals surface area contributed by atoms with E-state index in [-0.39, 0.29) is 0 Å². The second-order valence-electron chi connectivity index (χ2n) is 5.48. The summed E-state index contributed by atoms with van der Waals surface area (Å²) >= 11 is 0. The van der Waals surface area contributed by atoms with Gasteiger partial charge in [-0.3, -0.25) is 4.90 Å². The maximum absolute atomic E-state index is 8.90. The number of pyridine rings is 1. The van der Waals surface area contributed by atoms with Gasteiger partial charge in [0.25, 0.3) is 0 Å². The zero-order valence-corrected chi connectivity index (χ0v) is 11.8. The van der Waals surface area contributed by atoms with E-state index in [1.165, 1.54) is 18.4 Å². The van der Waals surface area contributed by atoms with E-state index in [2.05, 4.69) is 35.1 Å². The summed E-state index contributed by atoms with van der Waals surface area (Å²) < 4.78 is 0. The molecule has 1 aliphatic heterocycles. The third-order valence-electron chi connectivity index (χ3n) is 3.67. The monoisotopic (exact) mass is 258 g/mol. The molecule has 102 valence electrons. The van der Waals surface area contributed by atoms with Crippen LogP contribution in [0.1, 0.15) is 37.9 Å². The highest BCUT2D eigenvalue weighted by atomic mass is 15.2. The van der Waals surface area contributed by atoms with Crippen molar-refractivity contribution in [3.05, 3.63) is 29.6 Å². The van der Waals surface area contributed by atoms with Crippen molar-refractivity contribution in [2.75, 3.05) is 13.1 Å². The van der Waals surface area contributed by atoms with E-state index in [0.717, 1.165) is 19.6 Å². The summed E-state index contributed by atoms with van der Waals surface area (Å²) in [6.07, 6.45) is 4.27. The molecule has 0 bridgehead atoms. The molecule has 1 aliphatic rings. The maximum atomic E-state index is 8.90. The van der Waals surface area contributed by atoms with Gasteiger partial charge in [0.2, 0.25) is 0 Å². The molecule has 1 fully saturated rings. The molecule has 1 aromatic rings. The molecule has 0 aromatic carbocycles. The van der Waals surface area contributed by atoms with Crippen molar-refractivity contribution in [3.63, 3.8) is 0 Å². The van der Waals surface area contributed by atoms with Gasteiger partial charge in [-0.2, -0.15) is 5.26 Å². The Bertz CT molecular complexity index is 444. The van der Waals surface area contributed by atoms with Gasteiger partial charge in [0, 0.05) is 31.4 Å². The number of nitrogens with zero attached hydrogens (tertiary/aromatic N) is 3. The Morgan fingerprint density at radius 1 is 1.58 bits per heavy atom. The van der Waals surface area contributed by atoms with Crippen LogP contribution in [0.5, 0.6) is 0 Å². The summed E-state index contributed by atoms with van der Waals surface area (Å²) in [5.41, 5.74) is 1.67. The largest absolute Gasteiger partial charge is 0.313 e. The molecule has 4 nitrogen and oxygen atoms in total. The third-order valence-corrected chi connectivity index (χ3v) is 3.67. The first-order chi connectivity index (χ1) is 9.19. The van der Waals surface area contributed by atoms with Crippen molar-refractivity contribution < 1.29 is 0 Å². The number of hydrogen-bond acceptors (Lipinski definition) is 4. The van der Waals surface area contributed by atoms with Crippen molar-refractivity contribution in [1.29, 1.82) is 5.26 Å². The van der Waals surface area contributed by atoms with Crippen molar-refractivity contribution in [2.24, 2.45) is 0 Å². The fourth-order valence-electron chi connectivity index (χ4n) is 2.52. The number of nitrogens with one attached hydrogen (secondary N) is 1. The summed E-state index contributed by atoms with van der Waals surface area (Å²) in [5.74, 6) is 0. The molecule has 2 rings (SSSR count). The first-order valence-corrected chi connectivity index (χ1v) is 7.01. The lowest BCUT2D eigenvalue weighted by Crippen LogP contribution is -2.40. The molecule has 4 heteroatoms. The van der Waals surface area contributed by atoms with Gasteiger partial charge in [0.1, 0.15) is 11.8 Å². The van der Waals surface area contributed by atoms with E-state index >= 15 is 0 Å². The molecule has 1 N–H and O–H groups in total. The molecular weight excluding hydrogens is 236 g/mol. The van der Waals surface area contributed by atoms with Crippen LogP contribution < -0.4 is 5.32 Å². The van der Waals surface area contributed by atoms with Gasteiger partial charge < -0.3 is 5.32 Å². The molecule has 0 radical (unpaired) electrons. The van der Waals surface area contributed by atoms with Crippen molar-refractivity contribution in [2.45, 2.75) is 45.3 Å². The Morgan fingerprint density at radius 2 is 2.42 bits per heavy atom. The van der Waals surface area contributed by atoms with Gasteiger partial charge in [-0.05, 0) is 50.9 Å². The molecule has 19 heavy (non-hydrogen) atoms. The van der Waals surface area contributed by atoms with Crippen LogP contribution >= 0.6 is 0 Å². The van der Waals surface area contributed by atoms with E-state index in [1.54, 1.807) is 6.20 Å². The highest BCUT2D eigenvalue weighted by Gasteiger charge is 2.19. The van der Waals surface area contributed by atoms with E-state index in [4.69, 9.17) is 5.26 Å². The molecule has 0 spiro atoms. The quantitative estimate of drug-likeness (QED) is 0.876. The van der Waals surface area contributed by atoms with Gasteiger partial charge >= 0.3 is 0 Å². The minimum Gasteiger partial charge on any atom is -0.313 e. The minimum absolute atomic E-state index is 0.500. The molecule has 0 saturated carbocycles. The Kier molecular flexibility index (Phi) is 4.89. The second-order valence-corrected chi connectivity index (χ2v) is 5.48. The van der Waals surface area contributed by atoms with Crippen molar-refractivity contribution in [3.8, 4) is 6.07 Å². The molecular formula is C15H22N4. The standard InChI is InChI=1S/C15H22N4/c1-12(2)19(11-14-4-3-6-17-14)10-13-5-7-18-15(8-13)9-16/h5,7-8,12,14,17H,3-4,6,10-11H2,1-2H3. The Balaban J connectivity index is 2.01. The lowest BCUT2D eigenvalue weighted by atomic mass is 10.1. The molecule has 0 aliphatic carbocycles. The SMILES string of the molecule is CC(C)N(Cc1ccnc(C#N)c1)CC1CCCN1. The fourth-order valence-corrected chi connectivity index (χ4v) is 2.52. The summed E-state index contributed by atoms with van der Waals surface area (Å²) in [6, 6.07) is 7.10. The average molecular weight is 258 g/mol. The maximum Gasteiger partial charge on any atom is 0.140 e. The molecule has 2 heterocycles. The lowest BCUT2D eigenvalue weighted by molar-refractivity contribution is 0.194. The third kappa shape index (κ3) is 4.02. The normalized spacial score (nSPS) is 19.0. The average Bonchev–Trinajstić information content (AvgIpc) is 2.91. The molecule has 1 atom stereocenters. The number of aromatic nitrogens is 1. The van der Waals surface area contributed by atoms with Gasteiger partial charge in [-0.25, -0.2) is 4.98 Å². The van der Waals surface area contributed by atoms with E-state index in [1.807, 2.05) is 12.1 Å². The van der Waals surface area contributed by atoms with Crippen LogP contribution in [0.25, 0.3) is 0 Å². The molecule has 1 saturated heterocycles. The summed E-state index contributed by atoms with van der Waals surface area (Å²) in [7, 11) is 0. The lowest BCUT2D eigenvalue weighted by Gasteiger charge is -2.29. The van der Waals surface area contributed by atoms with Gasteiger partial charge in [0.05, 0.1) is 0 Å². The first-order valence-electron chi connectivity index (χ1n) is 7.01. The van der Waals surface area contributed by atoms with Crippen LogP contribution in [-0.4, -0.2) is 35.1 Å². The Hall–Kier alpha value is -1.44. The van der Waals surface area contributed by atoms with Crippen LogP contribution in [0, 0.1) is 11.3 Å². The number of nitriles is 1. The number of rotatable bonds is 5. The molecule has 1 unspecified atom stereocenters. The predicted molar refractivity (Wildman–Crippen MR) is 75.5 cm³/mol. The van der Waals surface area contributed by atoms with Gasteiger partial charge in [0.15, 0.2) is 0 Å². The zero-order valence-electron chi connectivity index (χ0n) is 11.8. The van der Waals surface area contributed by atoms with Gasteiger partial charge in [-0.1, -0.05) is 0 Å². The topological polar surface area (TPSA) is 52.0 Å². The van der Waals surface area contributed by atoms with Crippen molar-refractivity contribution >= 4 is 0 Å². The Morgan fingerprint density at radius 3 is 3.05 bits per heavy atom. The van der Waals surface area contributed by atoms with Crippen LogP contribution in [0.15, 0.2) is 18.3 Å². The first kappa shape index (κ1) is 14.0. The zero-order chi connectivity index (χ0) is 13.7. The van der Waals surface area contributed by atoms with E-state index in [0.29, 0.717) is 17.8 Å². The minimum atomic E-state index is 0.500. The van der Waals surface area contributed by atoms with E-state index < -0.39 is 0 Å². The number of hydrogen-bond donors (Lipinski definition) is 1. The van der Waals surface area contributed by atoms with Crippen LogP contribution in [0.3, 0.4) is 0 Å².